The molecule has 0 amide bonds. The number of rotatable bonds is 7. The van der Waals surface area contributed by atoms with Crippen molar-refractivity contribution in [3.63, 3.8) is 0 Å². The van der Waals surface area contributed by atoms with Crippen LogP contribution in [0.1, 0.15) is 44.6 Å². The first-order valence-electron chi connectivity index (χ1n) is 7.91. The summed E-state index contributed by atoms with van der Waals surface area (Å²) in [5.74, 6) is 0.843. The van der Waals surface area contributed by atoms with Gasteiger partial charge in [-0.2, -0.15) is 16.9 Å². The van der Waals surface area contributed by atoms with E-state index in [9.17, 15) is 0 Å². The number of thioether (sulfide) groups is 1. The Labute approximate surface area is 162 Å². The van der Waals surface area contributed by atoms with Crippen molar-refractivity contribution in [2.24, 2.45) is 12.0 Å². The summed E-state index contributed by atoms with van der Waals surface area (Å²) in [5, 5.41) is 11.4. The van der Waals surface area contributed by atoms with Crippen molar-refractivity contribution in [3.8, 4) is 0 Å². The Morgan fingerprint density at radius 1 is 1.26 bits per heavy atom. The first-order valence-corrected chi connectivity index (χ1v) is 9.14. The molecule has 134 valence electrons. The third kappa shape index (κ3) is 6.52. The average molecular weight is 453 g/mol. The maximum atomic E-state index is 4.62. The largest absolute Gasteiger partial charge is 0.355 e. The van der Waals surface area contributed by atoms with E-state index in [2.05, 4.69) is 54.7 Å². The molecule has 0 fully saturated rings. The number of nitrogens with zero attached hydrogens (tertiary/aromatic N) is 3. The molecule has 1 heterocycles. The summed E-state index contributed by atoms with van der Waals surface area (Å²) in [7, 11) is 3.84. The molecule has 1 aromatic rings. The molecule has 2 N–H and O–H groups in total. The Hall–Kier alpha value is -0.440. The minimum atomic E-state index is 0. The number of aliphatic imine (C=N–C) groups is 1. The van der Waals surface area contributed by atoms with Crippen molar-refractivity contribution in [1.29, 1.82) is 0 Å². The number of aromatic nitrogens is 2. The topological polar surface area (TPSA) is 54.2 Å². The van der Waals surface area contributed by atoms with Gasteiger partial charge in [-0.1, -0.05) is 13.8 Å². The van der Waals surface area contributed by atoms with Gasteiger partial charge in [0.15, 0.2) is 5.96 Å². The van der Waals surface area contributed by atoms with Crippen molar-refractivity contribution >= 4 is 41.7 Å². The van der Waals surface area contributed by atoms with Crippen LogP contribution < -0.4 is 10.6 Å². The lowest BCUT2D eigenvalue weighted by molar-refractivity contribution is 0.663. The lowest BCUT2D eigenvalue weighted by Crippen LogP contribution is -2.43. The van der Waals surface area contributed by atoms with Gasteiger partial charge in [-0.25, -0.2) is 0 Å². The highest BCUT2D eigenvalue weighted by molar-refractivity contribution is 14.0. The van der Waals surface area contributed by atoms with Crippen molar-refractivity contribution in [2.45, 2.75) is 51.8 Å². The zero-order valence-corrected chi connectivity index (χ0v) is 18.6. The molecule has 7 heteroatoms. The van der Waals surface area contributed by atoms with Gasteiger partial charge >= 0.3 is 0 Å². The molecule has 0 spiro atoms. The number of guanidine groups is 1. The summed E-state index contributed by atoms with van der Waals surface area (Å²) in [5.41, 5.74) is 3.77. The Balaban J connectivity index is 0.00000484. The lowest BCUT2D eigenvalue weighted by Gasteiger charge is -2.23. The van der Waals surface area contributed by atoms with Crippen LogP contribution in [-0.2, 0) is 26.4 Å². The van der Waals surface area contributed by atoms with Crippen molar-refractivity contribution in [2.75, 3.05) is 19.8 Å². The van der Waals surface area contributed by atoms with E-state index in [4.69, 9.17) is 0 Å². The predicted molar refractivity (Wildman–Crippen MR) is 113 cm³/mol. The van der Waals surface area contributed by atoms with Crippen LogP contribution in [0.4, 0.5) is 0 Å². The lowest BCUT2D eigenvalue weighted by atomic mass is 10.1. The van der Waals surface area contributed by atoms with Gasteiger partial charge in [-0.3, -0.25) is 9.67 Å². The maximum Gasteiger partial charge on any atom is 0.191 e. The third-order valence-electron chi connectivity index (χ3n) is 3.92. The van der Waals surface area contributed by atoms with Crippen LogP contribution in [0.5, 0.6) is 0 Å². The van der Waals surface area contributed by atoms with E-state index >= 15 is 0 Å². The molecule has 0 saturated carbocycles. The van der Waals surface area contributed by atoms with Gasteiger partial charge in [0.1, 0.15) is 0 Å². The molecule has 0 atom stereocenters. The smallest absolute Gasteiger partial charge is 0.191 e. The van der Waals surface area contributed by atoms with Crippen LogP contribution in [0.15, 0.2) is 4.99 Å². The van der Waals surface area contributed by atoms with Crippen LogP contribution in [-0.4, -0.2) is 40.3 Å². The zero-order valence-electron chi connectivity index (χ0n) is 15.5. The predicted octanol–water partition coefficient (Wildman–Crippen LogP) is 2.97. The van der Waals surface area contributed by atoms with E-state index in [-0.39, 0.29) is 28.7 Å². The van der Waals surface area contributed by atoms with Gasteiger partial charge < -0.3 is 10.6 Å². The molecule has 0 bridgehead atoms. The molecular weight excluding hydrogens is 421 g/mol. The van der Waals surface area contributed by atoms with E-state index in [0.717, 1.165) is 31.9 Å². The minimum Gasteiger partial charge on any atom is -0.355 e. The van der Waals surface area contributed by atoms with Crippen LogP contribution in [0.2, 0.25) is 0 Å². The highest BCUT2D eigenvalue weighted by atomic mass is 127. The minimum absolute atomic E-state index is 0. The van der Waals surface area contributed by atoms with Gasteiger partial charge in [0.2, 0.25) is 0 Å². The highest BCUT2D eigenvalue weighted by Gasteiger charge is 2.17. The van der Waals surface area contributed by atoms with Crippen molar-refractivity contribution in [3.05, 3.63) is 17.0 Å². The quantitative estimate of drug-likeness (QED) is 0.379. The number of nitrogens with one attached hydrogen (secondary N) is 2. The number of halogens is 1. The van der Waals surface area contributed by atoms with E-state index in [1.54, 1.807) is 0 Å². The summed E-state index contributed by atoms with van der Waals surface area (Å²) in [6.45, 7) is 10.4. The van der Waals surface area contributed by atoms with E-state index in [0.29, 0.717) is 0 Å². The molecule has 23 heavy (non-hydrogen) atoms. The molecule has 0 aliphatic carbocycles. The van der Waals surface area contributed by atoms with Gasteiger partial charge in [0.25, 0.3) is 0 Å². The molecular formula is C16H32IN5S. The standard InChI is InChI=1S/C16H31N5S.HI/c1-8-13-12(14(9-2)21(6)20-13)10-18-15(17-5)19-11-16(3,4)22-7;/h8-11H2,1-7H3,(H2,17,18,19);1H. The molecule has 1 rings (SSSR count). The zero-order chi connectivity index (χ0) is 16.8. The third-order valence-corrected chi connectivity index (χ3v) is 5.17. The summed E-state index contributed by atoms with van der Waals surface area (Å²) < 4.78 is 2.19. The Bertz CT molecular complexity index is 511. The van der Waals surface area contributed by atoms with E-state index in [1.807, 2.05) is 30.5 Å². The van der Waals surface area contributed by atoms with Crippen LogP contribution >= 0.6 is 35.7 Å². The van der Waals surface area contributed by atoms with Crippen LogP contribution in [0, 0.1) is 0 Å². The summed E-state index contributed by atoms with van der Waals surface area (Å²) in [6.07, 6.45) is 4.08. The molecule has 0 unspecified atom stereocenters. The van der Waals surface area contributed by atoms with Crippen molar-refractivity contribution < 1.29 is 0 Å². The van der Waals surface area contributed by atoms with Gasteiger partial charge in [-0.05, 0) is 32.9 Å². The summed E-state index contributed by atoms with van der Waals surface area (Å²) in [6, 6.07) is 0. The van der Waals surface area contributed by atoms with Crippen LogP contribution in [0.3, 0.4) is 0 Å². The normalized spacial score (nSPS) is 12.0. The second-order valence-corrected chi connectivity index (χ2v) is 7.46. The molecule has 5 nitrogen and oxygen atoms in total. The Morgan fingerprint density at radius 2 is 1.91 bits per heavy atom. The van der Waals surface area contributed by atoms with Crippen LogP contribution in [0.25, 0.3) is 0 Å². The fourth-order valence-corrected chi connectivity index (χ4v) is 2.57. The molecule has 0 aromatic carbocycles. The molecule has 0 saturated heterocycles. The second-order valence-electron chi connectivity index (χ2n) is 5.95. The average Bonchev–Trinajstić information content (AvgIpc) is 2.82. The number of aryl methyl sites for hydroxylation is 2. The molecule has 0 aliphatic heterocycles. The summed E-state index contributed by atoms with van der Waals surface area (Å²) >= 11 is 1.85. The van der Waals surface area contributed by atoms with E-state index in [1.165, 1.54) is 17.0 Å². The second kappa shape index (κ2) is 10.4. The van der Waals surface area contributed by atoms with Gasteiger partial charge in [0, 0.05) is 43.2 Å². The Kier molecular flexibility index (Phi) is 10.2. The van der Waals surface area contributed by atoms with E-state index < -0.39 is 0 Å². The highest BCUT2D eigenvalue weighted by Crippen LogP contribution is 2.19. The first kappa shape index (κ1) is 22.6. The SMILES string of the molecule is CCc1nn(C)c(CC)c1CNC(=NC)NCC(C)(C)SC.I. The number of hydrogen-bond donors (Lipinski definition) is 2. The van der Waals surface area contributed by atoms with Gasteiger partial charge in [-0.15, -0.1) is 24.0 Å². The fraction of sp³-hybridized carbons (Fsp3) is 0.750. The van der Waals surface area contributed by atoms with Gasteiger partial charge in [0.05, 0.1) is 5.69 Å². The number of hydrogen-bond acceptors (Lipinski definition) is 3. The molecule has 1 aromatic heterocycles. The monoisotopic (exact) mass is 453 g/mol. The van der Waals surface area contributed by atoms with Crippen molar-refractivity contribution in [1.82, 2.24) is 20.4 Å². The summed E-state index contributed by atoms with van der Waals surface area (Å²) in [4.78, 5) is 4.32. The molecule has 0 aliphatic rings. The maximum absolute atomic E-state index is 4.62. The Morgan fingerprint density at radius 3 is 2.39 bits per heavy atom. The molecule has 0 radical (unpaired) electrons. The first-order chi connectivity index (χ1) is 10.4. The fourth-order valence-electron chi connectivity index (χ4n) is 2.36.